The maximum atomic E-state index is 7.05. The molecule has 41 heavy (non-hydrogen) atoms. The standard InChI is InChI=1S/C36H48O4Si/c1-29(35(30(2)25-27-37-6)39-28-31-21-23-32(38-7)24-22-31)16-14-15-26-40-41(36(3,4)5,33-17-10-8-11-18-33)34-19-12-9-13-20-34/h8-14,16-25,27,29-30,35H,15,26,28H2,1-7H3/b16-14+,27-25+/t29-,30+,35-/m0/s1. The Kier molecular flexibility index (Phi) is 12.5. The van der Waals surface area contributed by atoms with Crippen LogP contribution in [-0.2, 0) is 20.5 Å². The van der Waals surface area contributed by atoms with Crippen molar-refractivity contribution in [1.29, 1.82) is 0 Å². The maximum absolute atomic E-state index is 7.05. The van der Waals surface area contributed by atoms with Gasteiger partial charge in [-0.1, -0.05) is 120 Å². The van der Waals surface area contributed by atoms with Crippen molar-refractivity contribution < 1.29 is 18.6 Å². The highest BCUT2D eigenvalue weighted by molar-refractivity contribution is 6.99. The van der Waals surface area contributed by atoms with Crippen LogP contribution in [0.15, 0.2) is 109 Å². The molecule has 3 aromatic carbocycles. The minimum absolute atomic E-state index is 0.00246. The lowest BCUT2D eigenvalue weighted by molar-refractivity contribution is -0.00508. The van der Waals surface area contributed by atoms with Crippen LogP contribution in [0.1, 0.15) is 46.6 Å². The zero-order chi connectivity index (χ0) is 29.7. The lowest BCUT2D eigenvalue weighted by atomic mass is 9.92. The molecule has 0 aromatic heterocycles. The van der Waals surface area contributed by atoms with E-state index in [1.54, 1.807) is 20.5 Å². The van der Waals surface area contributed by atoms with Gasteiger partial charge in [-0.25, -0.2) is 0 Å². The van der Waals surface area contributed by atoms with Gasteiger partial charge < -0.3 is 18.6 Å². The number of benzene rings is 3. The molecule has 0 fully saturated rings. The summed E-state index contributed by atoms with van der Waals surface area (Å²) in [5, 5.41) is 2.58. The van der Waals surface area contributed by atoms with Crippen molar-refractivity contribution in [2.75, 3.05) is 20.8 Å². The lowest BCUT2D eigenvalue weighted by Gasteiger charge is -2.43. The van der Waals surface area contributed by atoms with Crippen molar-refractivity contribution in [2.24, 2.45) is 11.8 Å². The van der Waals surface area contributed by atoms with E-state index in [-0.39, 0.29) is 23.0 Å². The average molecular weight is 573 g/mol. The normalized spacial score (nSPS) is 14.7. The molecule has 0 amide bonds. The molecule has 0 radical (unpaired) electrons. The van der Waals surface area contributed by atoms with Gasteiger partial charge in [0.25, 0.3) is 8.32 Å². The minimum Gasteiger partial charge on any atom is -0.505 e. The van der Waals surface area contributed by atoms with Gasteiger partial charge in [-0.3, -0.25) is 0 Å². The van der Waals surface area contributed by atoms with E-state index in [1.807, 2.05) is 24.3 Å². The molecule has 3 aromatic rings. The Morgan fingerprint density at radius 2 is 1.32 bits per heavy atom. The molecule has 3 atom stereocenters. The molecular weight excluding hydrogens is 524 g/mol. The number of hydrogen-bond acceptors (Lipinski definition) is 4. The van der Waals surface area contributed by atoms with E-state index in [9.17, 15) is 0 Å². The largest absolute Gasteiger partial charge is 0.505 e. The molecule has 5 heteroatoms. The van der Waals surface area contributed by atoms with Gasteiger partial charge in [0.1, 0.15) is 5.75 Å². The van der Waals surface area contributed by atoms with Crippen LogP contribution in [0, 0.1) is 11.8 Å². The van der Waals surface area contributed by atoms with Crippen molar-refractivity contribution in [1.82, 2.24) is 0 Å². The fourth-order valence-corrected chi connectivity index (χ4v) is 10.1. The highest BCUT2D eigenvalue weighted by Crippen LogP contribution is 2.36. The third kappa shape index (κ3) is 8.68. The lowest BCUT2D eigenvalue weighted by Crippen LogP contribution is -2.66. The zero-order valence-corrected chi connectivity index (χ0v) is 26.9. The monoisotopic (exact) mass is 572 g/mol. The molecule has 0 heterocycles. The molecule has 3 rings (SSSR count). The summed E-state index contributed by atoms with van der Waals surface area (Å²) < 4.78 is 24.0. The predicted molar refractivity (Wildman–Crippen MR) is 173 cm³/mol. The first-order valence-corrected chi connectivity index (χ1v) is 16.5. The topological polar surface area (TPSA) is 36.9 Å². The van der Waals surface area contributed by atoms with Crippen LogP contribution in [0.4, 0.5) is 0 Å². The molecule has 0 N–H and O–H groups in total. The van der Waals surface area contributed by atoms with Gasteiger partial charge in [-0.2, -0.15) is 0 Å². The molecule has 0 aliphatic rings. The zero-order valence-electron chi connectivity index (χ0n) is 25.9. The molecule has 0 bridgehead atoms. The Labute approximate surface area is 249 Å². The highest BCUT2D eigenvalue weighted by Gasteiger charge is 2.49. The molecule has 0 aliphatic carbocycles. The van der Waals surface area contributed by atoms with Gasteiger partial charge in [0.05, 0.1) is 33.2 Å². The van der Waals surface area contributed by atoms with Crippen LogP contribution in [-0.4, -0.2) is 35.2 Å². The van der Waals surface area contributed by atoms with Crippen molar-refractivity contribution in [3.8, 4) is 5.75 Å². The fraction of sp³-hybridized carbons (Fsp3) is 0.389. The summed E-state index contributed by atoms with van der Waals surface area (Å²) in [5.41, 5.74) is 1.12. The molecule has 0 saturated carbocycles. The summed E-state index contributed by atoms with van der Waals surface area (Å²) in [5.74, 6) is 1.23. The maximum Gasteiger partial charge on any atom is 0.261 e. The van der Waals surface area contributed by atoms with Gasteiger partial charge in [0, 0.05) is 18.4 Å². The Bertz CT molecular complexity index is 1160. The third-order valence-electron chi connectivity index (χ3n) is 7.62. The molecule has 220 valence electrons. The summed E-state index contributed by atoms with van der Waals surface area (Å²) >= 11 is 0. The second-order valence-electron chi connectivity index (χ2n) is 11.6. The van der Waals surface area contributed by atoms with Crippen LogP contribution in [0.2, 0.25) is 5.04 Å². The van der Waals surface area contributed by atoms with Crippen LogP contribution in [0.3, 0.4) is 0 Å². The van der Waals surface area contributed by atoms with E-state index in [1.165, 1.54) is 10.4 Å². The molecule has 0 saturated heterocycles. The smallest absolute Gasteiger partial charge is 0.261 e. The Hall–Kier alpha value is -3.12. The van der Waals surface area contributed by atoms with E-state index >= 15 is 0 Å². The molecule has 4 nitrogen and oxygen atoms in total. The number of rotatable bonds is 15. The fourth-order valence-electron chi connectivity index (χ4n) is 5.47. The average Bonchev–Trinajstić information content (AvgIpc) is 2.98. The first-order chi connectivity index (χ1) is 19.7. The first-order valence-electron chi connectivity index (χ1n) is 14.6. The minimum atomic E-state index is -2.53. The summed E-state index contributed by atoms with van der Waals surface area (Å²) in [6.07, 6.45) is 9.15. The van der Waals surface area contributed by atoms with Crippen molar-refractivity contribution in [3.63, 3.8) is 0 Å². The van der Waals surface area contributed by atoms with Crippen molar-refractivity contribution >= 4 is 18.7 Å². The number of methoxy groups -OCH3 is 2. The Morgan fingerprint density at radius 3 is 1.83 bits per heavy atom. The third-order valence-corrected chi connectivity index (χ3v) is 12.7. The molecular formula is C36H48O4Si. The van der Waals surface area contributed by atoms with Crippen LogP contribution in [0.25, 0.3) is 0 Å². The van der Waals surface area contributed by atoms with Crippen LogP contribution >= 0.6 is 0 Å². The summed E-state index contributed by atoms with van der Waals surface area (Å²) in [7, 11) is 0.823. The predicted octanol–water partition coefficient (Wildman–Crippen LogP) is 7.54. The highest BCUT2D eigenvalue weighted by atomic mass is 28.4. The van der Waals surface area contributed by atoms with Crippen molar-refractivity contribution in [2.45, 2.75) is 58.8 Å². The Morgan fingerprint density at radius 1 is 0.756 bits per heavy atom. The molecule has 0 spiro atoms. The quantitative estimate of drug-likeness (QED) is 0.0816. The van der Waals surface area contributed by atoms with Crippen LogP contribution < -0.4 is 15.1 Å². The second kappa shape index (κ2) is 15.8. The Balaban J connectivity index is 1.72. The van der Waals surface area contributed by atoms with Gasteiger partial charge in [-0.15, -0.1) is 0 Å². The van der Waals surface area contributed by atoms with E-state index in [0.29, 0.717) is 13.2 Å². The molecule has 0 unspecified atom stereocenters. The SMILES string of the molecule is CO/C=C/[C@@H](C)[C@@H](OCc1ccc(OC)cc1)[C@@H](C)/C=C/CCO[Si](c1ccccc1)(c1ccccc1)C(C)(C)C. The summed E-state index contributed by atoms with van der Waals surface area (Å²) in [4.78, 5) is 0. The van der Waals surface area contributed by atoms with E-state index in [4.69, 9.17) is 18.6 Å². The summed E-state index contributed by atoms with van der Waals surface area (Å²) in [6.45, 7) is 12.5. The van der Waals surface area contributed by atoms with Crippen molar-refractivity contribution in [3.05, 3.63) is 115 Å². The van der Waals surface area contributed by atoms with E-state index in [0.717, 1.165) is 17.7 Å². The van der Waals surface area contributed by atoms with Gasteiger partial charge in [0.2, 0.25) is 0 Å². The first kappa shape index (κ1) is 32.4. The van der Waals surface area contributed by atoms with Gasteiger partial charge in [-0.05, 0) is 45.6 Å². The van der Waals surface area contributed by atoms with Gasteiger partial charge in [0.15, 0.2) is 0 Å². The molecule has 0 aliphatic heterocycles. The second-order valence-corrected chi connectivity index (χ2v) is 15.9. The summed E-state index contributed by atoms with van der Waals surface area (Å²) in [6, 6.07) is 29.7. The van der Waals surface area contributed by atoms with Crippen LogP contribution in [0.5, 0.6) is 5.75 Å². The van der Waals surface area contributed by atoms with Gasteiger partial charge >= 0.3 is 0 Å². The number of ether oxygens (including phenoxy) is 3. The van der Waals surface area contributed by atoms with E-state index in [2.05, 4.69) is 114 Å². The van der Waals surface area contributed by atoms with E-state index < -0.39 is 8.32 Å². The number of hydrogen-bond donors (Lipinski definition) is 0.